The van der Waals surface area contributed by atoms with E-state index in [1.165, 1.54) is 12.3 Å². The van der Waals surface area contributed by atoms with Gasteiger partial charge in [-0.25, -0.2) is 9.78 Å². The first-order valence-corrected chi connectivity index (χ1v) is 5.65. The van der Waals surface area contributed by atoms with E-state index in [1.807, 2.05) is 0 Å². The number of primary amides is 1. The van der Waals surface area contributed by atoms with E-state index < -0.39 is 17.4 Å². The zero-order chi connectivity index (χ0) is 13.9. The Bertz CT molecular complexity index is 492. The van der Waals surface area contributed by atoms with E-state index in [9.17, 15) is 9.59 Å². The summed E-state index contributed by atoms with van der Waals surface area (Å²) in [5, 5.41) is 11.8. The average Bonchev–Trinajstić information content (AvgIpc) is 2.30. The second kappa shape index (κ2) is 5.22. The molecule has 0 aliphatic carbocycles. The van der Waals surface area contributed by atoms with Crippen molar-refractivity contribution in [2.75, 3.05) is 5.32 Å². The Balaban J connectivity index is 3.09. The van der Waals surface area contributed by atoms with Gasteiger partial charge < -0.3 is 16.2 Å². The van der Waals surface area contributed by atoms with Gasteiger partial charge >= 0.3 is 5.97 Å². The number of pyridine rings is 1. The van der Waals surface area contributed by atoms with Crippen LogP contribution < -0.4 is 11.1 Å². The highest BCUT2D eigenvalue weighted by Gasteiger charge is 2.29. The van der Waals surface area contributed by atoms with E-state index in [4.69, 9.17) is 22.4 Å². The van der Waals surface area contributed by atoms with Crippen LogP contribution in [0.3, 0.4) is 0 Å². The second-order valence-corrected chi connectivity index (χ2v) is 4.44. The minimum atomic E-state index is -1.16. The Morgan fingerprint density at radius 1 is 1.61 bits per heavy atom. The van der Waals surface area contributed by atoms with Crippen LogP contribution in [-0.2, 0) is 4.79 Å². The molecule has 0 aromatic carbocycles. The first-order valence-electron chi connectivity index (χ1n) is 5.27. The molecule has 0 saturated carbocycles. The minimum Gasteiger partial charge on any atom is -0.478 e. The highest BCUT2D eigenvalue weighted by atomic mass is 35.5. The summed E-state index contributed by atoms with van der Waals surface area (Å²) in [6.45, 7) is 3.40. The van der Waals surface area contributed by atoms with E-state index in [-0.39, 0.29) is 16.4 Å². The molecule has 1 aromatic rings. The molecule has 0 aliphatic rings. The SMILES string of the molecule is CCC(C)(Nc1cc(C(=O)O)c(Cl)cn1)C(N)=O. The van der Waals surface area contributed by atoms with Gasteiger partial charge in [-0.2, -0.15) is 0 Å². The third-order valence-electron chi connectivity index (χ3n) is 2.74. The van der Waals surface area contributed by atoms with Crippen molar-refractivity contribution < 1.29 is 14.7 Å². The number of hydrogen-bond donors (Lipinski definition) is 3. The quantitative estimate of drug-likeness (QED) is 0.752. The zero-order valence-electron chi connectivity index (χ0n) is 10.0. The number of aromatic nitrogens is 1. The van der Waals surface area contributed by atoms with Gasteiger partial charge in [-0.1, -0.05) is 18.5 Å². The Morgan fingerprint density at radius 2 is 2.22 bits per heavy atom. The number of carbonyl (C=O) groups is 2. The van der Waals surface area contributed by atoms with Crippen LogP contribution in [0.25, 0.3) is 0 Å². The molecular formula is C11H14ClN3O3. The molecule has 4 N–H and O–H groups in total. The van der Waals surface area contributed by atoms with Crippen molar-refractivity contribution in [3.05, 3.63) is 22.8 Å². The maximum absolute atomic E-state index is 11.3. The molecule has 1 atom stereocenters. The molecule has 1 aromatic heterocycles. The maximum atomic E-state index is 11.3. The Labute approximate surface area is 109 Å². The fraction of sp³-hybridized carbons (Fsp3) is 0.364. The highest BCUT2D eigenvalue weighted by Crippen LogP contribution is 2.21. The molecule has 0 fully saturated rings. The predicted octanol–water partition coefficient (Wildman–Crippen LogP) is 1.50. The molecule has 0 spiro atoms. The molecule has 1 amide bonds. The van der Waals surface area contributed by atoms with E-state index in [2.05, 4.69) is 10.3 Å². The molecule has 1 unspecified atom stereocenters. The van der Waals surface area contributed by atoms with E-state index in [0.29, 0.717) is 6.42 Å². The summed E-state index contributed by atoms with van der Waals surface area (Å²) in [6, 6.07) is 1.27. The van der Waals surface area contributed by atoms with Crippen LogP contribution in [0.5, 0.6) is 0 Å². The fourth-order valence-corrected chi connectivity index (χ4v) is 1.46. The number of rotatable bonds is 5. The number of nitrogens with two attached hydrogens (primary N) is 1. The lowest BCUT2D eigenvalue weighted by Crippen LogP contribution is -2.47. The van der Waals surface area contributed by atoms with Crippen molar-refractivity contribution in [3.63, 3.8) is 0 Å². The lowest BCUT2D eigenvalue weighted by Gasteiger charge is -2.26. The molecule has 1 heterocycles. The molecule has 0 saturated heterocycles. The number of anilines is 1. The van der Waals surface area contributed by atoms with Gasteiger partial charge in [-0.3, -0.25) is 4.79 Å². The molecule has 0 radical (unpaired) electrons. The summed E-state index contributed by atoms with van der Waals surface area (Å²) in [7, 11) is 0. The Hall–Kier alpha value is -1.82. The van der Waals surface area contributed by atoms with Gasteiger partial charge in [0.05, 0.1) is 10.6 Å². The van der Waals surface area contributed by atoms with Crippen LogP contribution in [0.15, 0.2) is 12.3 Å². The van der Waals surface area contributed by atoms with Crippen LogP contribution in [0.4, 0.5) is 5.82 Å². The van der Waals surface area contributed by atoms with Gasteiger partial charge in [0.15, 0.2) is 0 Å². The highest BCUT2D eigenvalue weighted by molar-refractivity contribution is 6.33. The van der Waals surface area contributed by atoms with Gasteiger partial charge in [0.25, 0.3) is 0 Å². The molecular weight excluding hydrogens is 258 g/mol. The van der Waals surface area contributed by atoms with E-state index in [1.54, 1.807) is 13.8 Å². The van der Waals surface area contributed by atoms with E-state index in [0.717, 1.165) is 0 Å². The number of hydrogen-bond acceptors (Lipinski definition) is 4. The predicted molar refractivity (Wildman–Crippen MR) is 67.7 cm³/mol. The zero-order valence-corrected chi connectivity index (χ0v) is 10.8. The molecule has 1 rings (SSSR count). The summed E-state index contributed by atoms with van der Waals surface area (Å²) < 4.78 is 0. The van der Waals surface area contributed by atoms with Gasteiger partial charge in [0, 0.05) is 6.20 Å². The fourth-order valence-electron chi connectivity index (χ4n) is 1.28. The third-order valence-corrected chi connectivity index (χ3v) is 3.04. The number of halogens is 1. The summed E-state index contributed by atoms with van der Waals surface area (Å²) in [5.41, 5.74) is 4.21. The monoisotopic (exact) mass is 271 g/mol. The van der Waals surface area contributed by atoms with Gasteiger partial charge in [-0.05, 0) is 19.4 Å². The minimum absolute atomic E-state index is 0.0327. The van der Waals surface area contributed by atoms with Crippen molar-refractivity contribution in [2.45, 2.75) is 25.8 Å². The van der Waals surface area contributed by atoms with E-state index >= 15 is 0 Å². The average molecular weight is 272 g/mol. The van der Waals surface area contributed by atoms with Gasteiger partial charge in [-0.15, -0.1) is 0 Å². The number of carboxylic acid groups (broad SMARTS) is 1. The second-order valence-electron chi connectivity index (χ2n) is 4.03. The number of nitrogens with one attached hydrogen (secondary N) is 1. The van der Waals surface area contributed by atoms with Crippen molar-refractivity contribution in [3.8, 4) is 0 Å². The number of aromatic carboxylic acids is 1. The van der Waals surface area contributed by atoms with Crippen LogP contribution in [0, 0.1) is 0 Å². The normalized spacial score (nSPS) is 13.7. The van der Waals surface area contributed by atoms with Crippen molar-refractivity contribution in [1.82, 2.24) is 4.98 Å². The smallest absolute Gasteiger partial charge is 0.337 e. The first kappa shape index (κ1) is 14.2. The van der Waals surface area contributed by atoms with Crippen LogP contribution in [0.2, 0.25) is 5.02 Å². The Kier molecular flexibility index (Phi) is 4.13. The van der Waals surface area contributed by atoms with Crippen molar-refractivity contribution in [2.24, 2.45) is 5.73 Å². The van der Waals surface area contributed by atoms with Crippen molar-refractivity contribution in [1.29, 1.82) is 0 Å². The Morgan fingerprint density at radius 3 is 2.67 bits per heavy atom. The van der Waals surface area contributed by atoms with Crippen LogP contribution in [0.1, 0.15) is 30.6 Å². The molecule has 0 aliphatic heterocycles. The molecule has 0 bridgehead atoms. The first-order chi connectivity index (χ1) is 8.30. The van der Waals surface area contributed by atoms with Crippen molar-refractivity contribution >= 4 is 29.3 Å². The summed E-state index contributed by atoms with van der Waals surface area (Å²) in [5.74, 6) is -1.47. The number of amides is 1. The summed E-state index contributed by atoms with van der Waals surface area (Å²) in [4.78, 5) is 26.2. The lowest BCUT2D eigenvalue weighted by atomic mass is 9.98. The number of carboxylic acids is 1. The van der Waals surface area contributed by atoms with Gasteiger partial charge in [0.2, 0.25) is 5.91 Å². The standard InChI is InChI=1S/C11H14ClN3O3/c1-3-11(2,10(13)18)15-8-4-6(9(16)17)7(12)5-14-8/h4-5H,3H2,1-2H3,(H2,13,18)(H,14,15)(H,16,17). The van der Waals surface area contributed by atoms with Gasteiger partial charge in [0.1, 0.15) is 11.4 Å². The summed E-state index contributed by atoms with van der Waals surface area (Å²) >= 11 is 5.70. The van der Waals surface area contributed by atoms with Crippen LogP contribution >= 0.6 is 11.6 Å². The molecule has 6 nitrogen and oxygen atoms in total. The maximum Gasteiger partial charge on any atom is 0.337 e. The molecule has 7 heteroatoms. The van der Waals surface area contributed by atoms with Crippen LogP contribution in [-0.4, -0.2) is 27.5 Å². The third kappa shape index (κ3) is 2.89. The summed E-state index contributed by atoms with van der Waals surface area (Å²) in [6.07, 6.45) is 1.65. The topological polar surface area (TPSA) is 105 Å². The number of carbonyl (C=O) groups excluding carboxylic acids is 1. The molecule has 18 heavy (non-hydrogen) atoms. The lowest BCUT2D eigenvalue weighted by molar-refractivity contribution is -0.121. The number of nitrogens with zero attached hydrogens (tertiary/aromatic N) is 1. The largest absolute Gasteiger partial charge is 0.478 e. The molecule has 98 valence electrons.